The third-order valence-electron chi connectivity index (χ3n) is 6.70. The average Bonchev–Trinajstić information content (AvgIpc) is 3.54. The van der Waals surface area contributed by atoms with Crippen molar-refractivity contribution in [3.63, 3.8) is 0 Å². The second kappa shape index (κ2) is 13.6. The first kappa shape index (κ1) is 25.6. The van der Waals surface area contributed by atoms with Crippen LogP contribution in [-0.2, 0) is 24.6 Å². The number of ether oxygens (including phenoxy) is 1. The minimum atomic E-state index is -0.0845. The molecule has 33 heavy (non-hydrogen) atoms. The van der Waals surface area contributed by atoms with Gasteiger partial charge < -0.3 is 14.3 Å². The van der Waals surface area contributed by atoms with Gasteiger partial charge in [-0.15, -0.1) is 0 Å². The summed E-state index contributed by atoms with van der Waals surface area (Å²) in [5.41, 5.74) is 7.10. The highest BCUT2D eigenvalue weighted by Gasteiger charge is 2.26. The highest BCUT2D eigenvalue weighted by Crippen LogP contribution is 2.28. The first-order chi connectivity index (χ1) is 16.2. The Morgan fingerprint density at radius 3 is 2.33 bits per heavy atom. The maximum Gasteiger partial charge on any atom is 0.122 e. The Kier molecular flexibility index (Phi) is 10.5. The first-order valence-electron chi connectivity index (χ1n) is 13.4. The van der Waals surface area contributed by atoms with Gasteiger partial charge >= 0.3 is 0 Å². The normalized spacial score (nSPS) is 15.8. The number of nitrogens with zero attached hydrogens (tertiary/aromatic N) is 2. The largest absolute Gasteiger partial charge is 0.368 e. The van der Waals surface area contributed by atoms with E-state index in [1.54, 1.807) is 0 Å². The second-order valence-corrected chi connectivity index (χ2v) is 9.46. The first-order valence-corrected chi connectivity index (χ1v) is 13.4. The molecule has 4 heteroatoms. The molecule has 3 heterocycles. The van der Waals surface area contributed by atoms with E-state index >= 15 is 0 Å². The Morgan fingerprint density at radius 2 is 1.70 bits per heavy atom. The van der Waals surface area contributed by atoms with Gasteiger partial charge in [0.25, 0.3) is 0 Å². The number of aryl methyl sites for hydroxylation is 3. The molecule has 1 N–H and O–H groups in total. The zero-order valence-corrected chi connectivity index (χ0v) is 21.5. The lowest BCUT2D eigenvalue weighted by Crippen LogP contribution is -2.21. The van der Waals surface area contributed by atoms with Crippen LogP contribution in [-0.4, -0.2) is 28.0 Å². The summed E-state index contributed by atoms with van der Waals surface area (Å²) in [6, 6.07) is 6.53. The van der Waals surface area contributed by atoms with Gasteiger partial charge in [-0.3, -0.25) is 0 Å². The summed E-state index contributed by atoms with van der Waals surface area (Å²) in [6.45, 7) is 7.42. The minimum Gasteiger partial charge on any atom is -0.368 e. The van der Waals surface area contributed by atoms with Gasteiger partial charge in [-0.05, 0) is 55.5 Å². The van der Waals surface area contributed by atoms with E-state index in [0.29, 0.717) is 0 Å². The molecule has 0 saturated heterocycles. The minimum absolute atomic E-state index is 0.0845. The lowest BCUT2D eigenvalue weighted by molar-refractivity contribution is 0.129. The van der Waals surface area contributed by atoms with E-state index in [4.69, 9.17) is 9.73 Å². The molecule has 1 atom stereocenters. The van der Waals surface area contributed by atoms with Crippen molar-refractivity contribution < 1.29 is 4.74 Å². The van der Waals surface area contributed by atoms with Gasteiger partial charge in [0.1, 0.15) is 6.10 Å². The Bertz CT molecular complexity index is 902. The SMILES string of the molecule is CCCCCCCCCCCc1cc(C2=NC(c3cccn3C)=CC2OCCC)[nH]c1CC. The van der Waals surface area contributed by atoms with Gasteiger partial charge in [-0.2, -0.15) is 0 Å². The highest BCUT2D eigenvalue weighted by molar-refractivity contribution is 6.09. The van der Waals surface area contributed by atoms with E-state index in [0.717, 1.165) is 48.7 Å². The molecule has 3 rings (SSSR count). The zero-order valence-electron chi connectivity index (χ0n) is 21.5. The molecule has 0 spiro atoms. The lowest BCUT2D eigenvalue weighted by atomic mass is 10.0. The number of unbranched alkanes of at least 4 members (excludes halogenated alkanes) is 8. The molecule has 0 aromatic carbocycles. The number of aliphatic imine (C=N–C) groups is 1. The smallest absolute Gasteiger partial charge is 0.122 e. The summed E-state index contributed by atoms with van der Waals surface area (Å²) >= 11 is 0. The summed E-state index contributed by atoms with van der Waals surface area (Å²) in [5, 5.41) is 0. The third kappa shape index (κ3) is 7.20. The average molecular weight is 452 g/mol. The molecule has 0 saturated carbocycles. The van der Waals surface area contributed by atoms with E-state index < -0.39 is 0 Å². The molecule has 2 aromatic heterocycles. The standard InChI is InChI=1S/C29H45N3O/c1-5-8-9-10-11-12-13-14-15-17-23-21-26(30-24(23)7-3)29-28(33-20-6-2)22-25(31-29)27-18-16-19-32(27)4/h16,18-19,21-22,28,30H,5-15,17,20H2,1-4H3. The van der Waals surface area contributed by atoms with E-state index in [2.05, 4.69) is 67.8 Å². The van der Waals surface area contributed by atoms with Gasteiger partial charge in [0.05, 0.1) is 22.8 Å². The van der Waals surface area contributed by atoms with E-state index in [1.165, 1.54) is 69.0 Å². The number of H-pyrrole nitrogens is 1. The lowest BCUT2D eigenvalue weighted by Gasteiger charge is -2.11. The van der Waals surface area contributed by atoms with Crippen molar-refractivity contribution in [3.8, 4) is 0 Å². The van der Waals surface area contributed by atoms with Crippen molar-refractivity contribution >= 4 is 11.4 Å². The molecule has 182 valence electrons. The van der Waals surface area contributed by atoms with Crippen LogP contribution in [0.2, 0.25) is 0 Å². The number of aromatic nitrogens is 2. The van der Waals surface area contributed by atoms with Crippen LogP contribution in [0.4, 0.5) is 0 Å². The van der Waals surface area contributed by atoms with Crippen molar-refractivity contribution in [2.75, 3.05) is 6.61 Å². The Balaban J connectivity index is 1.61. The second-order valence-electron chi connectivity index (χ2n) is 9.46. The molecule has 1 aliphatic heterocycles. The number of hydrogen-bond acceptors (Lipinski definition) is 2. The Hall–Kier alpha value is -2.07. The number of hydrogen-bond donors (Lipinski definition) is 1. The topological polar surface area (TPSA) is 42.3 Å². The van der Waals surface area contributed by atoms with Crippen molar-refractivity contribution in [2.45, 2.75) is 104 Å². The maximum absolute atomic E-state index is 6.19. The van der Waals surface area contributed by atoms with Crippen LogP contribution in [0.25, 0.3) is 5.70 Å². The number of aromatic amines is 1. The Morgan fingerprint density at radius 1 is 0.970 bits per heavy atom. The van der Waals surface area contributed by atoms with Crippen molar-refractivity contribution in [2.24, 2.45) is 12.0 Å². The molecule has 0 aliphatic carbocycles. The molecule has 0 amide bonds. The third-order valence-corrected chi connectivity index (χ3v) is 6.70. The van der Waals surface area contributed by atoms with E-state index in [9.17, 15) is 0 Å². The molecule has 1 aliphatic rings. The summed E-state index contributed by atoms with van der Waals surface area (Å²) < 4.78 is 8.32. The van der Waals surface area contributed by atoms with Crippen molar-refractivity contribution in [1.82, 2.24) is 9.55 Å². The van der Waals surface area contributed by atoms with Crippen molar-refractivity contribution in [3.05, 3.63) is 53.1 Å². The van der Waals surface area contributed by atoms with Gasteiger partial charge in [0, 0.05) is 25.5 Å². The highest BCUT2D eigenvalue weighted by atomic mass is 16.5. The molecule has 0 fully saturated rings. The molecule has 2 aromatic rings. The van der Waals surface area contributed by atoms with E-state index in [1.807, 2.05) is 0 Å². The molecular formula is C29H45N3O. The van der Waals surface area contributed by atoms with Crippen LogP contribution < -0.4 is 0 Å². The molecule has 0 bridgehead atoms. The summed E-state index contributed by atoms with van der Waals surface area (Å²) in [6.07, 6.45) is 19.7. The molecule has 4 nitrogen and oxygen atoms in total. The van der Waals surface area contributed by atoms with Crippen LogP contribution in [0, 0.1) is 0 Å². The summed E-state index contributed by atoms with van der Waals surface area (Å²) in [5.74, 6) is 0. The van der Waals surface area contributed by atoms with Crippen molar-refractivity contribution in [1.29, 1.82) is 0 Å². The van der Waals surface area contributed by atoms with Crippen LogP contribution in [0.3, 0.4) is 0 Å². The molecule has 0 radical (unpaired) electrons. The fraction of sp³-hybridized carbons (Fsp3) is 0.621. The van der Waals surface area contributed by atoms with Crippen LogP contribution in [0.5, 0.6) is 0 Å². The maximum atomic E-state index is 6.19. The summed E-state index contributed by atoms with van der Waals surface area (Å²) in [4.78, 5) is 8.73. The van der Waals surface area contributed by atoms with Crippen LogP contribution in [0.15, 0.2) is 35.5 Å². The quantitative estimate of drug-likeness (QED) is 0.262. The monoisotopic (exact) mass is 451 g/mol. The summed E-state index contributed by atoms with van der Waals surface area (Å²) in [7, 11) is 2.07. The zero-order chi connectivity index (χ0) is 23.5. The number of nitrogens with one attached hydrogen (secondary N) is 1. The van der Waals surface area contributed by atoms with E-state index in [-0.39, 0.29) is 6.10 Å². The Labute approximate surface area is 201 Å². The molecular weight excluding hydrogens is 406 g/mol. The van der Waals surface area contributed by atoms with Crippen LogP contribution in [0.1, 0.15) is 108 Å². The van der Waals surface area contributed by atoms with Gasteiger partial charge in [-0.1, -0.05) is 72.1 Å². The fourth-order valence-electron chi connectivity index (χ4n) is 4.75. The number of rotatable bonds is 16. The van der Waals surface area contributed by atoms with Gasteiger partial charge in [0.2, 0.25) is 0 Å². The molecule has 1 unspecified atom stereocenters. The van der Waals surface area contributed by atoms with Gasteiger partial charge in [-0.25, -0.2) is 4.99 Å². The predicted molar refractivity (Wildman–Crippen MR) is 141 cm³/mol. The predicted octanol–water partition coefficient (Wildman–Crippen LogP) is 7.63. The fourth-order valence-corrected chi connectivity index (χ4v) is 4.75. The van der Waals surface area contributed by atoms with Crippen LogP contribution >= 0.6 is 0 Å². The van der Waals surface area contributed by atoms with Gasteiger partial charge in [0.15, 0.2) is 0 Å².